The molecule has 3 heteroatoms. The standard InChI is InChI=1S/C16H24N2O/c1-16(2,3)12-8-6-11(7-9-12)14-13(15(17)19)5-4-10-18-14/h6-9,13-14,18H,4-5,10H2,1-3H3,(H2,17,19). The van der Waals surface area contributed by atoms with Crippen LogP contribution in [0, 0.1) is 5.92 Å². The van der Waals surface area contributed by atoms with Crippen LogP contribution in [-0.4, -0.2) is 12.5 Å². The number of nitrogens with two attached hydrogens (primary N) is 1. The minimum Gasteiger partial charge on any atom is -0.369 e. The van der Waals surface area contributed by atoms with E-state index in [1.807, 2.05) is 0 Å². The predicted molar refractivity (Wildman–Crippen MR) is 77.8 cm³/mol. The van der Waals surface area contributed by atoms with Crippen molar-refractivity contribution in [1.82, 2.24) is 5.32 Å². The Balaban J connectivity index is 2.23. The molecule has 2 atom stereocenters. The van der Waals surface area contributed by atoms with E-state index >= 15 is 0 Å². The Bertz CT molecular complexity index is 445. The molecule has 2 unspecified atom stereocenters. The monoisotopic (exact) mass is 260 g/mol. The quantitative estimate of drug-likeness (QED) is 0.858. The lowest BCUT2D eigenvalue weighted by molar-refractivity contribution is -0.123. The number of piperidine rings is 1. The Labute approximate surface area is 115 Å². The third-order valence-corrected chi connectivity index (χ3v) is 3.96. The average molecular weight is 260 g/mol. The maximum Gasteiger partial charge on any atom is 0.222 e. The van der Waals surface area contributed by atoms with Gasteiger partial charge < -0.3 is 11.1 Å². The highest BCUT2D eigenvalue weighted by Crippen LogP contribution is 2.30. The first kappa shape index (κ1) is 14.1. The first-order chi connectivity index (χ1) is 8.89. The summed E-state index contributed by atoms with van der Waals surface area (Å²) in [5.74, 6) is -0.286. The van der Waals surface area contributed by atoms with Crippen LogP contribution in [0.15, 0.2) is 24.3 Å². The van der Waals surface area contributed by atoms with Gasteiger partial charge in [0.25, 0.3) is 0 Å². The molecule has 0 saturated carbocycles. The van der Waals surface area contributed by atoms with Crippen LogP contribution in [0.1, 0.15) is 50.8 Å². The summed E-state index contributed by atoms with van der Waals surface area (Å²) in [5, 5.41) is 3.42. The largest absolute Gasteiger partial charge is 0.369 e. The molecular weight excluding hydrogens is 236 g/mol. The summed E-state index contributed by atoms with van der Waals surface area (Å²) in [6.07, 6.45) is 1.90. The third-order valence-electron chi connectivity index (χ3n) is 3.96. The fourth-order valence-corrected chi connectivity index (χ4v) is 2.74. The van der Waals surface area contributed by atoms with Crippen LogP contribution >= 0.6 is 0 Å². The average Bonchev–Trinajstić information content (AvgIpc) is 2.38. The highest BCUT2D eigenvalue weighted by Gasteiger charge is 2.30. The Morgan fingerprint density at radius 2 is 1.89 bits per heavy atom. The zero-order valence-electron chi connectivity index (χ0n) is 12.1. The number of carbonyl (C=O) groups is 1. The fraction of sp³-hybridized carbons (Fsp3) is 0.562. The zero-order valence-corrected chi connectivity index (χ0v) is 12.1. The molecule has 1 heterocycles. The highest BCUT2D eigenvalue weighted by molar-refractivity contribution is 5.77. The smallest absolute Gasteiger partial charge is 0.222 e. The maximum atomic E-state index is 11.5. The molecule has 1 aliphatic heterocycles. The summed E-state index contributed by atoms with van der Waals surface area (Å²) < 4.78 is 0. The SMILES string of the molecule is CC(C)(C)c1ccc(C2NCCCC2C(N)=O)cc1. The van der Waals surface area contributed by atoms with Crippen molar-refractivity contribution in [3.63, 3.8) is 0 Å². The molecule has 19 heavy (non-hydrogen) atoms. The molecule has 1 aromatic carbocycles. The van der Waals surface area contributed by atoms with Gasteiger partial charge in [-0.05, 0) is 35.9 Å². The van der Waals surface area contributed by atoms with Gasteiger partial charge in [-0.15, -0.1) is 0 Å². The molecule has 0 bridgehead atoms. The zero-order chi connectivity index (χ0) is 14.0. The van der Waals surface area contributed by atoms with Crippen molar-refractivity contribution >= 4 is 5.91 Å². The first-order valence-electron chi connectivity index (χ1n) is 7.03. The lowest BCUT2D eigenvalue weighted by atomic mass is 9.83. The van der Waals surface area contributed by atoms with Gasteiger partial charge in [0.05, 0.1) is 5.92 Å². The molecule has 1 amide bonds. The van der Waals surface area contributed by atoms with E-state index in [1.54, 1.807) is 0 Å². The van der Waals surface area contributed by atoms with Crippen LogP contribution in [0.2, 0.25) is 0 Å². The summed E-state index contributed by atoms with van der Waals surface area (Å²) in [7, 11) is 0. The van der Waals surface area contributed by atoms with Crippen LogP contribution in [0.4, 0.5) is 0 Å². The number of hydrogen-bond donors (Lipinski definition) is 2. The lowest BCUT2D eigenvalue weighted by Gasteiger charge is -2.31. The number of nitrogens with one attached hydrogen (secondary N) is 1. The van der Waals surface area contributed by atoms with Crippen LogP contribution in [-0.2, 0) is 10.2 Å². The van der Waals surface area contributed by atoms with Gasteiger partial charge in [-0.25, -0.2) is 0 Å². The van der Waals surface area contributed by atoms with E-state index in [0.717, 1.165) is 24.9 Å². The van der Waals surface area contributed by atoms with E-state index in [0.29, 0.717) is 0 Å². The molecule has 0 spiro atoms. The minimum atomic E-state index is -0.197. The van der Waals surface area contributed by atoms with Crippen LogP contribution in [0.25, 0.3) is 0 Å². The molecule has 3 nitrogen and oxygen atoms in total. The summed E-state index contributed by atoms with van der Waals surface area (Å²) >= 11 is 0. The van der Waals surface area contributed by atoms with E-state index < -0.39 is 0 Å². The van der Waals surface area contributed by atoms with Crippen molar-refractivity contribution in [3.05, 3.63) is 35.4 Å². The maximum absolute atomic E-state index is 11.5. The molecule has 1 aliphatic rings. The van der Waals surface area contributed by atoms with Gasteiger partial charge in [0.1, 0.15) is 0 Å². The highest BCUT2D eigenvalue weighted by atomic mass is 16.1. The Hall–Kier alpha value is -1.35. The topological polar surface area (TPSA) is 55.1 Å². The second-order valence-corrected chi connectivity index (χ2v) is 6.45. The fourth-order valence-electron chi connectivity index (χ4n) is 2.74. The van der Waals surface area contributed by atoms with Crippen molar-refractivity contribution < 1.29 is 4.79 Å². The number of primary amides is 1. The molecule has 1 saturated heterocycles. The van der Waals surface area contributed by atoms with Gasteiger partial charge in [0, 0.05) is 6.04 Å². The van der Waals surface area contributed by atoms with Crippen molar-refractivity contribution in [1.29, 1.82) is 0 Å². The van der Waals surface area contributed by atoms with E-state index in [4.69, 9.17) is 5.73 Å². The van der Waals surface area contributed by atoms with Gasteiger partial charge >= 0.3 is 0 Å². The summed E-state index contributed by atoms with van der Waals surface area (Å²) in [4.78, 5) is 11.5. The predicted octanol–water partition coefficient (Wildman–Crippen LogP) is 2.51. The van der Waals surface area contributed by atoms with Gasteiger partial charge in [0.2, 0.25) is 5.91 Å². The molecule has 3 N–H and O–H groups in total. The van der Waals surface area contributed by atoms with Gasteiger partial charge in [-0.2, -0.15) is 0 Å². The number of amides is 1. The Morgan fingerprint density at radius 3 is 2.42 bits per heavy atom. The van der Waals surface area contributed by atoms with Crippen LogP contribution < -0.4 is 11.1 Å². The third kappa shape index (κ3) is 3.16. The van der Waals surface area contributed by atoms with Gasteiger partial charge in [0.15, 0.2) is 0 Å². The molecule has 0 aliphatic carbocycles. The summed E-state index contributed by atoms with van der Waals surface area (Å²) in [5.41, 5.74) is 8.14. The molecule has 104 valence electrons. The second-order valence-electron chi connectivity index (χ2n) is 6.45. The second kappa shape index (κ2) is 5.33. The van der Waals surface area contributed by atoms with Crippen molar-refractivity contribution in [2.75, 3.05) is 6.54 Å². The molecular formula is C16H24N2O. The summed E-state index contributed by atoms with van der Waals surface area (Å²) in [6, 6.07) is 8.63. The Morgan fingerprint density at radius 1 is 1.26 bits per heavy atom. The lowest BCUT2D eigenvalue weighted by Crippen LogP contribution is -2.40. The van der Waals surface area contributed by atoms with Gasteiger partial charge in [-0.1, -0.05) is 45.0 Å². The van der Waals surface area contributed by atoms with Crippen molar-refractivity contribution in [2.45, 2.75) is 45.1 Å². The van der Waals surface area contributed by atoms with Crippen LogP contribution in [0.3, 0.4) is 0 Å². The van der Waals surface area contributed by atoms with Crippen molar-refractivity contribution in [3.8, 4) is 0 Å². The van der Waals surface area contributed by atoms with Crippen molar-refractivity contribution in [2.24, 2.45) is 11.7 Å². The summed E-state index contributed by atoms with van der Waals surface area (Å²) in [6.45, 7) is 7.56. The molecule has 0 aromatic heterocycles. The molecule has 2 rings (SSSR count). The van der Waals surface area contributed by atoms with E-state index in [2.05, 4.69) is 50.4 Å². The Kier molecular flexibility index (Phi) is 3.95. The van der Waals surface area contributed by atoms with E-state index in [1.165, 1.54) is 5.56 Å². The number of carbonyl (C=O) groups excluding carboxylic acids is 1. The molecule has 0 radical (unpaired) electrons. The normalized spacial score (nSPS) is 24.2. The van der Waals surface area contributed by atoms with Crippen LogP contribution in [0.5, 0.6) is 0 Å². The van der Waals surface area contributed by atoms with E-state index in [-0.39, 0.29) is 23.3 Å². The molecule has 1 fully saturated rings. The number of hydrogen-bond acceptors (Lipinski definition) is 2. The minimum absolute atomic E-state index is 0.0697. The van der Waals surface area contributed by atoms with E-state index in [9.17, 15) is 4.79 Å². The number of benzene rings is 1. The first-order valence-corrected chi connectivity index (χ1v) is 7.03. The number of rotatable bonds is 2. The van der Waals surface area contributed by atoms with Gasteiger partial charge in [-0.3, -0.25) is 4.79 Å². The molecule has 1 aromatic rings.